The van der Waals surface area contributed by atoms with Crippen LogP contribution in [0.4, 0.5) is 5.69 Å². The second-order valence-electron chi connectivity index (χ2n) is 5.71. The van der Waals surface area contributed by atoms with Crippen molar-refractivity contribution in [3.05, 3.63) is 34.4 Å². The van der Waals surface area contributed by atoms with Crippen molar-refractivity contribution in [2.24, 2.45) is 5.41 Å². The lowest BCUT2D eigenvalue weighted by Gasteiger charge is -2.18. The highest BCUT2D eigenvalue weighted by atomic mass is 32.2. The van der Waals surface area contributed by atoms with Crippen LogP contribution in [-0.2, 0) is 10.0 Å². The van der Waals surface area contributed by atoms with E-state index < -0.39 is 14.9 Å². The Kier molecular flexibility index (Phi) is 3.14. The van der Waals surface area contributed by atoms with Gasteiger partial charge in [0.25, 0.3) is 5.69 Å². The molecule has 7 heteroatoms. The molecule has 0 radical (unpaired) electrons. The second-order valence-corrected chi connectivity index (χ2v) is 7.60. The smallest absolute Gasteiger partial charge is 0.258 e. The average molecular weight is 284 g/mol. The van der Waals surface area contributed by atoms with E-state index in [4.69, 9.17) is 0 Å². The van der Waals surface area contributed by atoms with E-state index >= 15 is 0 Å². The van der Waals surface area contributed by atoms with Crippen LogP contribution in [0, 0.1) is 15.5 Å². The van der Waals surface area contributed by atoms with Crippen molar-refractivity contribution in [1.82, 2.24) is 4.31 Å². The van der Waals surface area contributed by atoms with Crippen LogP contribution in [0.2, 0.25) is 0 Å². The Labute approximate surface area is 112 Å². The predicted octanol–water partition coefficient (Wildman–Crippen LogP) is 2.01. The molecule has 1 aliphatic rings. The van der Waals surface area contributed by atoms with E-state index in [-0.39, 0.29) is 22.0 Å². The van der Waals surface area contributed by atoms with Gasteiger partial charge < -0.3 is 0 Å². The van der Waals surface area contributed by atoms with E-state index in [1.165, 1.54) is 28.6 Å². The predicted molar refractivity (Wildman–Crippen MR) is 70.2 cm³/mol. The van der Waals surface area contributed by atoms with Gasteiger partial charge in [-0.05, 0) is 17.5 Å². The number of rotatable bonds is 3. The number of benzene rings is 1. The van der Waals surface area contributed by atoms with Crippen LogP contribution in [0.5, 0.6) is 0 Å². The van der Waals surface area contributed by atoms with Gasteiger partial charge in [-0.25, -0.2) is 8.42 Å². The number of non-ortho nitro benzene ring substituents is 1. The molecule has 2 rings (SSSR count). The molecule has 0 N–H and O–H groups in total. The quantitative estimate of drug-likeness (QED) is 0.483. The molecule has 0 saturated carbocycles. The monoisotopic (exact) mass is 284 g/mol. The van der Waals surface area contributed by atoms with Crippen LogP contribution >= 0.6 is 0 Å². The molecule has 0 bridgehead atoms. The molecule has 0 spiro atoms. The zero-order chi connectivity index (χ0) is 14.4. The summed E-state index contributed by atoms with van der Waals surface area (Å²) in [5, 5.41) is 10.5. The Hall–Kier alpha value is -1.47. The first kappa shape index (κ1) is 14.0. The van der Waals surface area contributed by atoms with Crippen LogP contribution in [0.15, 0.2) is 29.2 Å². The Morgan fingerprint density at radius 3 is 2.16 bits per heavy atom. The molecule has 1 heterocycles. The van der Waals surface area contributed by atoms with Crippen molar-refractivity contribution in [2.75, 3.05) is 6.54 Å². The molecule has 104 valence electrons. The van der Waals surface area contributed by atoms with E-state index in [1.807, 2.05) is 20.8 Å². The van der Waals surface area contributed by atoms with Gasteiger partial charge in [0, 0.05) is 24.7 Å². The van der Waals surface area contributed by atoms with Crippen LogP contribution in [0.3, 0.4) is 0 Å². The highest BCUT2D eigenvalue weighted by molar-refractivity contribution is 7.89. The summed E-state index contributed by atoms with van der Waals surface area (Å²) in [6.07, 6.45) is 0. The molecule has 1 aliphatic heterocycles. The minimum Gasteiger partial charge on any atom is -0.258 e. The summed E-state index contributed by atoms with van der Waals surface area (Å²) in [5.74, 6) is 0. The summed E-state index contributed by atoms with van der Waals surface area (Å²) in [6, 6.07) is 4.98. The molecule has 0 aromatic heterocycles. The molecule has 1 aromatic carbocycles. The van der Waals surface area contributed by atoms with Crippen LogP contribution in [0.25, 0.3) is 0 Å². The fourth-order valence-corrected chi connectivity index (χ4v) is 3.71. The van der Waals surface area contributed by atoms with Crippen LogP contribution in [-0.4, -0.2) is 30.2 Å². The highest BCUT2D eigenvalue weighted by Crippen LogP contribution is 2.39. The van der Waals surface area contributed by atoms with Crippen molar-refractivity contribution in [1.29, 1.82) is 0 Å². The van der Waals surface area contributed by atoms with Crippen molar-refractivity contribution < 1.29 is 13.3 Å². The summed E-state index contributed by atoms with van der Waals surface area (Å²) >= 11 is 0. The molecule has 0 aliphatic carbocycles. The lowest BCUT2D eigenvalue weighted by molar-refractivity contribution is -0.384. The largest absolute Gasteiger partial charge is 0.269 e. The molecule has 1 saturated heterocycles. The maximum absolute atomic E-state index is 12.3. The third-order valence-corrected chi connectivity index (χ3v) is 5.11. The van der Waals surface area contributed by atoms with Gasteiger partial charge in [0.2, 0.25) is 10.0 Å². The van der Waals surface area contributed by atoms with Gasteiger partial charge in [-0.3, -0.25) is 10.1 Å². The lowest BCUT2D eigenvalue weighted by Crippen LogP contribution is -2.23. The van der Waals surface area contributed by atoms with E-state index in [1.54, 1.807) is 0 Å². The van der Waals surface area contributed by atoms with Gasteiger partial charge in [-0.2, -0.15) is 4.31 Å². The van der Waals surface area contributed by atoms with Gasteiger partial charge in [0.1, 0.15) is 0 Å². The highest BCUT2D eigenvalue weighted by Gasteiger charge is 2.50. The summed E-state index contributed by atoms with van der Waals surface area (Å²) in [5.41, 5.74) is -0.217. The minimum absolute atomic E-state index is 0.00677. The van der Waals surface area contributed by atoms with E-state index in [2.05, 4.69) is 0 Å². The third-order valence-electron chi connectivity index (χ3n) is 3.22. The first-order chi connectivity index (χ1) is 8.64. The Balaban J connectivity index is 2.25. The molecular weight excluding hydrogens is 268 g/mol. The molecule has 19 heavy (non-hydrogen) atoms. The average Bonchev–Trinajstić information content (AvgIpc) is 3.08. The zero-order valence-electron chi connectivity index (χ0n) is 11.0. The van der Waals surface area contributed by atoms with Crippen molar-refractivity contribution in [3.8, 4) is 0 Å². The topological polar surface area (TPSA) is 80.3 Å². The van der Waals surface area contributed by atoms with Gasteiger partial charge in [0.05, 0.1) is 9.82 Å². The van der Waals surface area contributed by atoms with Gasteiger partial charge in [-0.1, -0.05) is 20.8 Å². The number of nitro groups is 1. The molecule has 1 fully saturated rings. The Morgan fingerprint density at radius 2 is 1.79 bits per heavy atom. The van der Waals surface area contributed by atoms with Crippen molar-refractivity contribution in [2.45, 2.75) is 31.7 Å². The first-order valence-electron chi connectivity index (χ1n) is 5.90. The summed E-state index contributed by atoms with van der Waals surface area (Å²) in [4.78, 5) is 10.1. The van der Waals surface area contributed by atoms with E-state index in [0.29, 0.717) is 6.54 Å². The van der Waals surface area contributed by atoms with Crippen LogP contribution in [0.1, 0.15) is 20.8 Å². The molecule has 1 aromatic rings. The fourth-order valence-electron chi connectivity index (χ4n) is 1.97. The molecule has 6 nitrogen and oxygen atoms in total. The first-order valence-corrected chi connectivity index (χ1v) is 7.34. The number of nitro benzene ring substituents is 1. The third kappa shape index (κ3) is 2.62. The number of nitrogens with zero attached hydrogens (tertiary/aromatic N) is 2. The fraction of sp³-hybridized carbons (Fsp3) is 0.500. The maximum Gasteiger partial charge on any atom is 0.269 e. The summed E-state index contributed by atoms with van der Waals surface area (Å²) in [6.45, 7) is 6.47. The van der Waals surface area contributed by atoms with Gasteiger partial charge in [-0.15, -0.1) is 0 Å². The molecule has 0 amide bonds. The lowest BCUT2D eigenvalue weighted by atomic mass is 9.92. The second kappa shape index (κ2) is 4.28. The SMILES string of the molecule is CC(C)(C)C1CN1S(=O)(=O)c1ccc([N+](=O)[O-])cc1. The summed E-state index contributed by atoms with van der Waals surface area (Å²) in [7, 11) is -3.53. The van der Waals surface area contributed by atoms with Crippen molar-refractivity contribution >= 4 is 15.7 Å². The number of hydrogen-bond donors (Lipinski definition) is 0. The standard InChI is InChI=1S/C12H16N2O4S/c1-12(2,3)11-8-13(11)19(17,18)10-6-4-9(5-7-10)14(15)16/h4-7,11H,8H2,1-3H3. The van der Waals surface area contributed by atoms with Crippen LogP contribution < -0.4 is 0 Å². The zero-order valence-corrected chi connectivity index (χ0v) is 11.8. The Bertz CT molecular complexity index is 602. The van der Waals surface area contributed by atoms with Gasteiger partial charge >= 0.3 is 0 Å². The maximum atomic E-state index is 12.3. The van der Waals surface area contributed by atoms with Crippen molar-refractivity contribution in [3.63, 3.8) is 0 Å². The molecule has 2 unspecified atom stereocenters. The summed E-state index contributed by atoms with van der Waals surface area (Å²) < 4.78 is 26.0. The van der Waals surface area contributed by atoms with Gasteiger partial charge in [0.15, 0.2) is 0 Å². The van der Waals surface area contributed by atoms with E-state index in [9.17, 15) is 18.5 Å². The molecule has 2 atom stereocenters. The minimum atomic E-state index is -3.53. The number of hydrogen-bond acceptors (Lipinski definition) is 4. The normalized spacial score (nSPS) is 23.1. The number of sulfonamides is 1. The molecular formula is C12H16N2O4S. The Morgan fingerprint density at radius 1 is 1.26 bits per heavy atom. The van der Waals surface area contributed by atoms with E-state index in [0.717, 1.165) is 0 Å².